The van der Waals surface area contributed by atoms with Gasteiger partial charge in [-0.3, -0.25) is 28.3 Å². The Labute approximate surface area is 147 Å². The molecule has 0 aliphatic rings. The summed E-state index contributed by atoms with van der Waals surface area (Å²) < 4.78 is 2.17. The average Bonchev–Trinajstić information content (AvgIpc) is 3.01. The second-order valence-corrected chi connectivity index (χ2v) is 6.33. The number of unbranched alkanes of at least 4 members (excludes halogenated alkanes) is 2. The minimum atomic E-state index is -0.482. The number of nitrogens with zero attached hydrogens (tertiary/aromatic N) is 2. The van der Waals surface area contributed by atoms with Crippen LogP contribution >= 0.6 is 0 Å². The zero-order chi connectivity index (χ0) is 18.8. The third-order valence-electron chi connectivity index (χ3n) is 4.64. The predicted molar refractivity (Wildman–Crippen MR) is 97.5 cm³/mol. The van der Waals surface area contributed by atoms with E-state index in [0.717, 1.165) is 9.13 Å². The van der Waals surface area contributed by atoms with E-state index in [1.54, 1.807) is 0 Å². The van der Waals surface area contributed by atoms with Gasteiger partial charge in [-0.05, 0) is 37.8 Å². The van der Waals surface area contributed by atoms with E-state index < -0.39 is 22.2 Å². The van der Waals surface area contributed by atoms with Crippen LogP contribution in [0.3, 0.4) is 0 Å². The molecule has 0 radical (unpaired) electrons. The molecule has 0 bridgehead atoms. The van der Waals surface area contributed by atoms with Crippen molar-refractivity contribution in [1.82, 2.24) is 9.13 Å². The number of aromatic nitrogens is 2. The molecule has 0 spiro atoms. The third kappa shape index (κ3) is 2.91. The van der Waals surface area contributed by atoms with Crippen molar-refractivity contribution in [3.05, 3.63) is 53.5 Å². The Bertz CT molecular complexity index is 980. The van der Waals surface area contributed by atoms with Crippen molar-refractivity contribution in [1.29, 1.82) is 0 Å². The minimum Gasteiger partial charge on any atom is -0.396 e. The maximum atomic E-state index is 12.5. The molecule has 8 heteroatoms. The molecule has 3 rings (SSSR count). The Morgan fingerprint density at radius 1 is 0.577 bits per heavy atom. The molecular formula is C18H20N2O6. The van der Waals surface area contributed by atoms with Crippen LogP contribution in [0.5, 0.6) is 0 Å². The summed E-state index contributed by atoms with van der Waals surface area (Å²) in [6.45, 7) is 0.332. The van der Waals surface area contributed by atoms with Crippen LogP contribution in [0.25, 0.3) is 21.5 Å². The second kappa shape index (κ2) is 7.35. The summed E-state index contributed by atoms with van der Waals surface area (Å²) in [7, 11) is 0. The maximum Gasteiger partial charge on any atom is 0.261 e. The largest absolute Gasteiger partial charge is 0.396 e. The smallest absolute Gasteiger partial charge is 0.261 e. The Hall–Kier alpha value is -2.58. The van der Waals surface area contributed by atoms with Gasteiger partial charge in [0.05, 0.1) is 21.5 Å². The summed E-state index contributed by atoms with van der Waals surface area (Å²) in [6, 6.07) is 2.67. The Morgan fingerprint density at radius 3 is 1.15 bits per heavy atom. The number of hydrogen-bond donors (Lipinski definition) is 2. The molecule has 2 heterocycles. The first-order valence-electron chi connectivity index (χ1n) is 8.63. The molecule has 1 aromatic carbocycles. The summed E-state index contributed by atoms with van der Waals surface area (Å²) in [4.78, 5) is 49.9. The number of aliphatic hydroxyl groups excluding tert-OH is 2. The van der Waals surface area contributed by atoms with Crippen molar-refractivity contribution in [2.45, 2.75) is 38.8 Å². The SMILES string of the molecule is O=c1c2cc3c(=O)n(CCCCO)c(=O)c3cc2c(=O)n1CCCCO. The van der Waals surface area contributed by atoms with Gasteiger partial charge in [0.15, 0.2) is 0 Å². The Kier molecular flexibility index (Phi) is 5.15. The molecule has 8 nitrogen and oxygen atoms in total. The molecule has 0 atom stereocenters. The van der Waals surface area contributed by atoms with Crippen LogP contribution in [0.4, 0.5) is 0 Å². The quantitative estimate of drug-likeness (QED) is 0.521. The molecule has 0 unspecified atom stereocenters. The van der Waals surface area contributed by atoms with Crippen LogP contribution in [-0.2, 0) is 13.1 Å². The van der Waals surface area contributed by atoms with E-state index in [-0.39, 0.29) is 47.8 Å². The summed E-state index contributed by atoms with van der Waals surface area (Å²) in [5.41, 5.74) is -1.93. The lowest BCUT2D eigenvalue weighted by atomic mass is 10.1. The molecule has 0 fully saturated rings. The highest BCUT2D eigenvalue weighted by molar-refractivity contribution is 5.97. The van der Waals surface area contributed by atoms with Gasteiger partial charge in [0.2, 0.25) is 0 Å². The topological polar surface area (TPSA) is 119 Å². The van der Waals surface area contributed by atoms with E-state index in [1.165, 1.54) is 12.1 Å². The van der Waals surface area contributed by atoms with Crippen molar-refractivity contribution in [2.75, 3.05) is 13.2 Å². The second-order valence-electron chi connectivity index (χ2n) is 6.33. The van der Waals surface area contributed by atoms with Gasteiger partial charge in [0.1, 0.15) is 0 Å². The number of benzene rings is 1. The Balaban J connectivity index is 2.15. The molecule has 2 aromatic heterocycles. The van der Waals surface area contributed by atoms with E-state index in [2.05, 4.69) is 0 Å². The highest BCUT2D eigenvalue weighted by Gasteiger charge is 2.19. The van der Waals surface area contributed by atoms with Gasteiger partial charge in [0.25, 0.3) is 22.2 Å². The third-order valence-corrected chi connectivity index (χ3v) is 4.64. The summed E-state index contributed by atoms with van der Waals surface area (Å²) >= 11 is 0. The number of fused-ring (bicyclic) bond motifs is 2. The first-order valence-corrected chi connectivity index (χ1v) is 8.63. The highest BCUT2D eigenvalue weighted by atomic mass is 16.3. The van der Waals surface area contributed by atoms with Gasteiger partial charge in [-0.15, -0.1) is 0 Å². The predicted octanol–water partition coefficient (Wildman–Crippen LogP) is -0.543. The van der Waals surface area contributed by atoms with Gasteiger partial charge in [0, 0.05) is 26.3 Å². The monoisotopic (exact) mass is 360 g/mol. The summed E-state index contributed by atoms with van der Waals surface area (Å²) in [5, 5.41) is 18.2. The van der Waals surface area contributed by atoms with Crippen LogP contribution in [0.2, 0.25) is 0 Å². The number of hydrogen-bond acceptors (Lipinski definition) is 6. The molecule has 3 aromatic rings. The van der Waals surface area contributed by atoms with Crippen molar-refractivity contribution >= 4 is 21.5 Å². The zero-order valence-corrected chi connectivity index (χ0v) is 14.2. The van der Waals surface area contributed by atoms with E-state index in [1.807, 2.05) is 0 Å². The maximum absolute atomic E-state index is 12.5. The Morgan fingerprint density at radius 2 is 0.885 bits per heavy atom. The standard InChI is InChI=1S/C18H20N2O6/c21-7-3-1-5-19-15(23)11-9-13-14(10-12(11)16(19)24)18(26)20(17(13)25)6-2-4-8-22/h9-10,21-22H,1-8H2. The van der Waals surface area contributed by atoms with E-state index in [0.29, 0.717) is 25.7 Å². The van der Waals surface area contributed by atoms with Crippen LogP contribution < -0.4 is 22.2 Å². The van der Waals surface area contributed by atoms with Crippen molar-refractivity contribution in [3.8, 4) is 0 Å². The lowest BCUT2D eigenvalue weighted by Gasteiger charge is -1.98. The molecule has 0 aliphatic heterocycles. The van der Waals surface area contributed by atoms with Gasteiger partial charge in [-0.25, -0.2) is 0 Å². The fraction of sp³-hybridized carbons (Fsp3) is 0.444. The number of rotatable bonds is 8. The molecular weight excluding hydrogens is 340 g/mol. The van der Waals surface area contributed by atoms with Crippen molar-refractivity contribution < 1.29 is 10.2 Å². The first kappa shape index (κ1) is 18.2. The molecule has 0 saturated carbocycles. The average molecular weight is 360 g/mol. The van der Waals surface area contributed by atoms with Gasteiger partial charge >= 0.3 is 0 Å². The van der Waals surface area contributed by atoms with Crippen molar-refractivity contribution in [2.24, 2.45) is 0 Å². The van der Waals surface area contributed by atoms with E-state index >= 15 is 0 Å². The van der Waals surface area contributed by atoms with Gasteiger partial charge in [-0.1, -0.05) is 0 Å². The molecule has 0 amide bonds. The van der Waals surface area contributed by atoms with E-state index in [4.69, 9.17) is 10.2 Å². The fourth-order valence-corrected chi connectivity index (χ4v) is 3.24. The zero-order valence-electron chi connectivity index (χ0n) is 14.2. The molecule has 2 N–H and O–H groups in total. The molecule has 0 saturated heterocycles. The van der Waals surface area contributed by atoms with Crippen LogP contribution in [0.1, 0.15) is 25.7 Å². The van der Waals surface area contributed by atoms with Gasteiger partial charge in [-0.2, -0.15) is 0 Å². The summed E-state index contributed by atoms with van der Waals surface area (Å²) in [6.07, 6.45) is 1.92. The van der Waals surface area contributed by atoms with Crippen LogP contribution in [0, 0.1) is 0 Å². The lowest BCUT2D eigenvalue weighted by molar-refractivity contribution is 0.280. The summed E-state index contributed by atoms with van der Waals surface area (Å²) in [5.74, 6) is 0. The highest BCUT2D eigenvalue weighted by Crippen LogP contribution is 2.14. The van der Waals surface area contributed by atoms with Gasteiger partial charge < -0.3 is 10.2 Å². The first-order chi connectivity index (χ1) is 12.5. The van der Waals surface area contributed by atoms with E-state index in [9.17, 15) is 19.2 Å². The molecule has 138 valence electrons. The van der Waals surface area contributed by atoms with Crippen LogP contribution in [-0.4, -0.2) is 32.6 Å². The van der Waals surface area contributed by atoms with Crippen molar-refractivity contribution in [3.63, 3.8) is 0 Å². The minimum absolute atomic E-state index is 0.0212. The molecule has 0 aliphatic carbocycles. The van der Waals surface area contributed by atoms with Crippen LogP contribution in [0.15, 0.2) is 31.3 Å². The normalized spacial score (nSPS) is 11.8. The lowest BCUT2D eigenvalue weighted by Crippen LogP contribution is -2.26. The molecule has 26 heavy (non-hydrogen) atoms. The fourth-order valence-electron chi connectivity index (χ4n) is 3.24. The number of aliphatic hydroxyl groups is 2.